The van der Waals surface area contributed by atoms with Gasteiger partial charge in [-0.2, -0.15) is 0 Å². The van der Waals surface area contributed by atoms with E-state index < -0.39 is 34.1 Å². The maximum Gasteiger partial charge on any atom is 0.190 e. The molecule has 0 aromatic carbocycles. The summed E-state index contributed by atoms with van der Waals surface area (Å²) in [6, 6.07) is 0. The second kappa shape index (κ2) is 6.81. The molecule has 0 heterocycles. The van der Waals surface area contributed by atoms with Gasteiger partial charge in [-0.25, -0.2) is 4.39 Å². The van der Waals surface area contributed by atoms with E-state index in [-0.39, 0.29) is 43.0 Å². The van der Waals surface area contributed by atoms with E-state index in [2.05, 4.69) is 0 Å². The second-order valence-corrected chi connectivity index (χ2v) is 10.4. The zero-order valence-electron chi connectivity index (χ0n) is 18.3. The summed E-state index contributed by atoms with van der Waals surface area (Å²) >= 11 is 0. The molecular formula is C24H33FO5. The van der Waals surface area contributed by atoms with Crippen LogP contribution in [0.2, 0.25) is 0 Å². The molecule has 2 N–H and O–H groups in total. The molecule has 6 heteroatoms. The van der Waals surface area contributed by atoms with Gasteiger partial charge in [0.2, 0.25) is 0 Å². The van der Waals surface area contributed by atoms with Gasteiger partial charge in [0.05, 0.1) is 12.2 Å². The first-order valence-electron chi connectivity index (χ1n) is 11.1. The SMILES string of the molecule is CC(C)OCC(=O)[C@@]1(O)CC[C@H]2[C@@H]3CCC4=CC(=O)C=C[C@]4(C)[C@@]3(F)[C@@H](O)C[C@@]21C. The molecule has 0 aromatic rings. The Morgan fingerprint density at radius 3 is 2.67 bits per heavy atom. The maximum absolute atomic E-state index is 16.9. The number of allylic oxidation sites excluding steroid dienone is 4. The van der Waals surface area contributed by atoms with E-state index in [0.29, 0.717) is 19.3 Å². The second-order valence-electron chi connectivity index (χ2n) is 10.4. The molecule has 0 amide bonds. The average Bonchev–Trinajstić information content (AvgIpc) is 2.94. The molecule has 4 aliphatic rings. The van der Waals surface area contributed by atoms with Crippen molar-refractivity contribution >= 4 is 11.6 Å². The smallest absolute Gasteiger partial charge is 0.190 e. The number of carbonyl (C=O) groups is 2. The van der Waals surface area contributed by atoms with Gasteiger partial charge in [-0.3, -0.25) is 9.59 Å². The number of hydrogen-bond donors (Lipinski definition) is 2. The third-order valence-electron chi connectivity index (χ3n) is 8.80. The Hall–Kier alpha value is -1.37. The summed E-state index contributed by atoms with van der Waals surface area (Å²) in [6.45, 7) is 7.06. The van der Waals surface area contributed by atoms with Crippen molar-refractivity contribution in [3.63, 3.8) is 0 Å². The third-order valence-corrected chi connectivity index (χ3v) is 8.80. The number of ketones is 2. The Kier molecular flexibility index (Phi) is 4.96. The summed E-state index contributed by atoms with van der Waals surface area (Å²) in [7, 11) is 0. The first-order chi connectivity index (χ1) is 13.9. The number of ether oxygens (including phenoxy) is 1. The van der Waals surface area contributed by atoms with Gasteiger partial charge in [0.15, 0.2) is 17.2 Å². The van der Waals surface area contributed by atoms with Crippen molar-refractivity contribution < 1.29 is 28.9 Å². The molecule has 0 aliphatic heterocycles. The number of Topliss-reactive ketones (excluding diaryl/α,β-unsaturated/α-hetero) is 1. The number of alkyl halides is 1. The number of halogens is 1. The van der Waals surface area contributed by atoms with Crippen molar-refractivity contribution in [2.45, 2.75) is 83.3 Å². The van der Waals surface area contributed by atoms with E-state index in [9.17, 15) is 19.8 Å². The Morgan fingerprint density at radius 2 is 2.00 bits per heavy atom. The van der Waals surface area contributed by atoms with Crippen LogP contribution in [0.15, 0.2) is 23.8 Å². The Balaban J connectivity index is 1.71. The van der Waals surface area contributed by atoms with Crippen LogP contribution in [0.1, 0.15) is 59.8 Å². The monoisotopic (exact) mass is 420 g/mol. The highest BCUT2D eigenvalue weighted by molar-refractivity contribution is 6.01. The molecule has 3 saturated carbocycles. The molecule has 4 aliphatic carbocycles. The van der Waals surface area contributed by atoms with E-state index in [1.165, 1.54) is 12.2 Å². The summed E-state index contributed by atoms with van der Waals surface area (Å²) in [5.41, 5.74) is -4.83. The van der Waals surface area contributed by atoms with Gasteiger partial charge in [0.25, 0.3) is 0 Å². The maximum atomic E-state index is 16.9. The van der Waals surface area contributed by atoms with E-state index in [0.717, 1.165) is 5.57 Å². The topological polar surface area (TPSA) is 83.8 Å². The van der Waals surface area contributed by atoms with Gasteiger partial charge in [-0.15, -0.1) is 0 Å². The number of rotatable bonds is 4. The Labute approximate surface area is 177 Å². The van der Waals surface area contributed by atoms with Gasteiger partial charge in [0, 0.05) is 16.7 Å². The van der Waals surface area contributed by atoms with Crippen LogP contribution in [0.4, 0.5) is 4.39 Å². The number of hydrogen-bond acceptors (Lipinski definition) is 5. The van der Waals surface area contributed by atoms with Crippen molar-refractivity contribution in [3.8, 4) is 0 Å². The van der Waals surface area contributed by atoms with Crippen LogP contribution < -0.4 is 0 Å². The molecule has 0 radical (unpaired) electrons. The molecular weight excluding hydrogens is 387 g/mol. The standard InChI is InChI=1S/C24H33FO5/c1-14(2)30-13-20(28)23(29)10-8-17-18-6-5-15-11-16(26)7-9-21(15,3)24(18,25)19(27)12-22(17,23)4/h7,9,11,14,17-19,27,29H,5-6,8,10,12-13H2,1-4H3/t17-,18-,19-,21-,22-,23-,24-/m0/s1. The molecule has 0 saturated heterocycles. The molecule has 7 atom stereocenters. The Morgan fingerprint density at radius 1 is 1.30 bits per heavy atom. The third kappa shape index (κ3) is 2.63. The van der Waals surface area contributed by atoms with Crippen LogP contribution >= 0.6 is 0 Å². The number of fused-ring (bicyclic) bond motifs is 5. The van der Waals surface area contributed by atoms with E-state index >= 15 is 4.39 Å². The highest BCUT2D eigenvalue weighted by atomic mass is 19.1. The number of aliphatic hydroxyl groups is 2. The molecule has 0 unspecified atom stereocenters. The van der Waals surface area contributed by atoms with Gasteiger partial charge in [0.1, 0.15) is 12.2 Å². The summed E-state index contributed by atoms with van der Waals surface area (Å²) in [5, 5.41) is 22.7. The first-order valence-corrected chi connectivity index (χ1v) is 11.1. The minimum Gasteiger partial charge on any atom is -0.390 e. The zero-order chi connectivity index (χ0) is 22.1. The van der Waals surface area contributed by atoms with Crippen molar-refractivity contribution in [1.82, 2.24) is 0 Å². The molecule has 4 rings (SSSR count). The summed E-state index contributed by atoms with van der Waals surface area (Å²) < 4.78 is 22.4. The van der Waals surface area contributed by atoms with Gasteiger partial charge >= 0.3 is 0 Å². The molecule has 30 heavy (non-hydrogen) atoms. The normalized spacial score (nSPS) is 47.5. The lowest BCUT2D eigenvalue weighted by Crippen LogP contribution is -2.69. The van der Waals surface area contributed by atoms with E-state index in [1.807, 2.05) is 20.8 Å². The first kappa shape index (κ1) is 21.8. The van der Waals surface area contributed by atoms with Gasteiger partial charge in [-0.05, 0) is 70.9 Å². The van der Waals surface area contributed by atoms with Crippen LogP contribution in [0.5, 0.6) is 0 Å². The van der Waals surface area contributed by atoms with Crippen LogP contribution in [0.25, 0.3) is 0 Å². The fourth-order valence-corrected chi connectivity index (χ4v) is 7.04. The van der Waals surface area contributed by atoms with Crippen LogP contribution in [-0.2, 0) is 14.3 Å². The lowest BCUT2D eigenvalue weighted by molar-refractivity contribution is -0.217. The molecule has 0 aromatic heterocycles. The lowest BCUT2D eigenvalue weighted by Gasteiger charge is -2.62. The molecule has 3 fully saturated rings. The average molecular weight is 421 g/mol. The highest BCUT2D eigenvalue weighted by Crippen LogP contribution is 2.69. The van der Waals surface area contributed by atoms with Crippen LogP contribution in [0.3, 0.4) is 0 Å². The van der Waals surface area contributed by atoms with Crippen molar-refractivity contribution in [2.75, 3.05) is 6.61 Å². The van der Waals surface area contributed by atoms with Crippen molar-refractivity contribution in [1.29, 1.82) is 0 Å². The largest absolute Gasteiger partial charge is 0.390 e. The van der Waals surface area contributed by atoms with Gasteiger partial charge in [-0.1, -0.05) is 18.6 Å². The fourth-order valence-electron chi connectivity index (χ4n) is 7.04. The molecule has 0 spiro atoms. The summed E-state index contributed by atoms with van der Waals surface area (Å²) in [6.07, 6.45) is 4.88. The number of carbonyl (C=O) groups excluding carboxylic acids is 2. The minimum atomic E-state index is -1.94. The quantitative estimate of drug-likeness (QED) is 0.730. The highest BCUT2D eigenvalue weighted by Gasteiger charge is 2.74. The summed E-state index contributed by atoms with van der Waals surface area (Å²) in [5.74, 6) is -1.27. The fraction of sp³-hybridized carbons (Fsp3) is 0.750. The van der Waals surface area contributed by atoms with Crippen LogP contribution in [0, 0.1) is 22.7 Å². The minimum absolute atomic E-state index is 0.000752. The van der Waals surface area contributed by atoms with Crippen molar-refractivity contribution in [2.24, 2.45) is 22.7 Å². The van der Waals surface area contributed by atoms with Crippen LogP contribution in [-0.4, -0.2) is 51.9 Å². The van der Waals surface area contributed by atoms with Gasteiger partial charge < -0.3 is 14.9 Å². The Bertz CT molecular complexity index is 833. The molecule has 0 bridgehead atoms. The van der Waals surface area contributed by atoms with E-state index in [4.69, 9.17) is 4.74 Å². The van der Waals surface area contributed by atoms with E-state index in [1.54, 1.807) is 13.0 Å². The lowest BCUT2D eigenvalue weighted by atomic mass is 9.44. The molecule has 5 nitrogen and oxygen atoms in total. The predicted molar refractivity (Wildman–Crippen MR) is 109 cm³/mol. The molecule has 166 valence electrons. The van der Waals surface area contributed by atoms with Crippen molar-refractivity contribution in [3.05, 3.63) is 23.8 Å². The number of aliphatic hydroxyl groups excluding tert-OH is 1. The predicted octanol–water partition coefficient (Wildman–Crippen LogP) is 3.08. The zero-order valence-corrected chi connectivity index (χ0v) is 18.3. The summed E-state index contributed by atoms with van der Waals surface area (Å²) in [4.78, 5) is 24.9.